The number of benzene rings is 1. The molecular formula is C15H19N3O3. The summed E-state index contributed by atoms with van der Waals surface area (Å²) in [5, 5.41) is 0. The summed E-state index contributed by atoms with van der Waals surface area (Å²) in [5.41, 5.74) is 6.84. The van der Waals surface area contributed by atoms with Crippen molar-refractivity contribution in [1.82, 2.24) is 9.97 Å². The van der Waals surface area contributed by atoms with Crippen LogP contribution in [0.4, 0.5) is 5.82 Å². The Labute approximate surface area is 123 Å². The lowest BCUT2D eigenvalue weighted by atomic mass is 10.2. The Morgan fingerprint density at radius 3 is 2.67 bits per heavy atom. The predicted molar refractivity (Wildman–Crippen MR) is 79.6 cm³/mol. The zero-order valence-corrected chi connectivity index (χ0v) is 12.4. The quantitative estimate of drug-likeness (QED) is 0.880. The summed E-state index contributed by atoms with van der Waals surface area (Å²) in [6.07, 6.45) is 0. The normalized spacial score (nSPS) is 10.4. The SMILES string of the molecule is CCOCc1nc(N)cc(Oc2ccc(C)cc2OC)n1. The van der Waals surface area contributed by atoms with Crippen molar-refractivity contribution >= 4 is 5.82 Å². The van der Waals surface area contributed by atoms with E-state index in [9.17, 15) is 0 Å². The van der Waals surface area contributed by atoms with Crippen molar-refractivity contribution in [2.24, 2.45) is 0 Å². The van der Waals surface area contributed by atoms with Gasteiger partial charge in [-0.15, -0.1) is 0 Å². The highest BCUT2D eigenvalue weighted by atomic mass is 16.5. The van der Waals surface area contributed by atoms with Gasteiger partial charge in [0.25, 0.3) is 0 Å². The summed E-state index contributed by atoms with van der Waals surface area (Å²) in [4.78, 5) is 8.37. The van der Waals surface area contributed by atoms with Crippen LogP contribution in [-0.2, 0) is 11.3 Å². The molecule has 0 fully saturated rings. The molecule has 0 amide bonds. The fourth-order valence-corrected chi connectivity index (χ4v) is 1.77. The van der Waals surface area contributed by atoms with Gasteiger partial charge in [-0.3, -0.25) is 0 Å². The molecule has 112 valence electrons. The summed E-state index contributed by atoms with van der Waals surface area (Å²) in [5.74, 6) is 2.39. The van der Waals surface area contributed by atoms with Crippen LogP contribution in [0, 0.1) is 6.92 Å². The fourth-order valence-electron chi connectivity index (χ4n) is 1.77. The van der Waals surface area contributed by atoms with Crippen molar-refractivity contribution in [3.63, 3.8) is 0 Å². The minimum Gasteiger partial charge on any atom is -0.493 e. The highest BCUT2D eigenvalue weighted by molar-refractivity contribution is 5.45. The zero-order chi connectivity index (χ0) is 15.2. The molecule has 6 nitrogen and oxygen atoms in total. The maximum Gasteiger partial charge on any atom is 0.224 e. The van der Waals surface area contributed by atoms with Crippen molar-refractivity contribution in [3.8, 4) is 17.4 Å². The number of anilines is 1. The first kappa shape index (κ1) is 15.1. The number of nitrogens with zero attached hydrogens (tertiary/aromatic N) is 2. The van der Waals surface area contributed by atoms with Gasteiger partial charge >= 0.3 is 0 Å². The van der Waals surface area contributed by atoms with Crippen molar-refractivity contribution in [3.05, 3.63) is 35.7 Å². The van der Waals surface area contributed by atoms with Gasteiger partial charge in [-0.2, -0.15) is 4.98 Å². The lowest BCUT2D eigenvalue weighted by Crippen LogP contribution is -2.04. The van der Waals surface area contributed by atoms with Gasteiger partial charge in [0.15, 0.2) is 17.3 Å². The molecule has 2 aromatic rings. The van der Waals surface area contributed by atoms with Gasteiger partial charge < -0.3 is 19.9 Å². The average Bonchev–Trinajstić information content (AvgIpc) is 2.46. The molecule has 0 unspecified atom stereocenters. The molecule has 1 aromatic heterocycles. The van der Waals surface area contributed by atoms with E-state index >= 15 is 0 Å². The van der Waals surface area contributed by atoms with Gasteiger partial charge in [0.2, 0.25) is 5.88 Å². The number of ether oxygens (including phenoxy) is 3. The minimum absolute atomic E-state index is 0.295. The number of nitrogen functional groups attached to an aromatic ring is 1. The van der Waals surface area contributed by atoms with Crippen molar-refractivity contribution < 1.29 is 14.2 Å². The van der Waals surface area contributed by atoms with E-state index in [1.165, 1.54) is 0 Å². The molecule has 6 heteroatoms. The van der Waals surface area contributed by atoms with Gasteiger partial charge in [-0.25, -0.2) is 4.98 Å². The van der Waals surface area contributed by atoms with E-state index in [4.69, 9.17) is 19.9 Å². The third kappa shape index (κ3) is 4.06. The molecule has 0 radical (unpaired) electrons. The molecule has 0 saturated heterocycles. The van der Waals surface area contributed by atoms with Crippen molar-refractivity contribution in [2.45, 2.75) is 20.5 Å². The van der Waals surface area contributed by atoms with Crippen LogP contribution in [0.15, 0.2) is 24.3 Å². The molecule has 1 heterocycles. The molecule has 1 aromatic carbocycles. The highest BCUT2D eigenvalue weighted by Crippen LogP contribution is 2.31. The Kier molecular flexibility index (Phi) is 4.94. The highest BCUT2D eigenvalue weighted by Gasteiger charge is 2.09. The lowest BCUT2D eigenvalue weighted by Gasteiger charge is -2.11. The number of hydrogen-bond acceptors (Lipinski definition) is 6. The molecule has 0 aliphatic heterocycles. The van der Waals surface area contributed by atoms with Crippen LogP contribution in [-0.4, -0.2) is 23.7 Å². The second kappa shape index (κ2) is 6.90. The molecule has 2 rings (SSSR count). The summed E-state index contributed by atoms with van der Waals surface area (Å²) in [6, 6.07) is 7.22. The molecule has 0 saturated carbocycles. The summed E-state index contributed by atoms with van der Waals surface area (Å²) >= 11 is 0. The molecule has 0 aliphatic carbocycles. The number of nitrogens with two attached hydrogens (primary N) is 1. The van der Waals surface area contributed by atoms with Crippen LogP contribution in [0.5, 0.6) is 17.4 Å². The Morgan fingerprint density at radius 2 is 1.95 bits per heavy atom. The van der Waals surface area contributed by atoms with Crippen LogP contribution in [0.1, 0.15) is 18.3 Å². The zero-order valence-electron chi connectivity index (χ0n) is 12.4. The summed E-state index contributed by atoms with van der Waals surface area (Å²) < 4.78 is 16.3. The predicted octanol–water partition coefficient (Wildman–Crippen LogP) is 2.70. The van der Waals surface area contributed by atoms with Gasteiger partial charge in [0.05, 0.1) is 7.11 Å². The molecule has 21 heavy (non-hydrogen) atoms. The van der Waals surface area contributed by atoms with Gasteiger partial charge in [-0.05, 0) is 31.5 Å². The number of aryl methyl sites for hydroxylation is 1. The molecule has 0 spiro atoms. The maximum absolute atomic E-state index is 5.76. The van der Waals surface area contributed by atoms with Crippen LogP contribution in [0.2, 0.25) is 0 Å². The van der Waals surface area contributed by atoms with E-state index in [2.05, 4.69) is 9.97 Å². The van der Waals surface area contributed by atoms with E-state index in [0.29, 0.717) is 42.2 Å². The summed E-state index contributed by atoms with van der Waals surface area (Å²) in [6.45, 7) is 4.76. The first-order chi connectivity index (χ1) is 10.1. The molecule has 2 N–H and O–H groups in total. The van der Waals surface area contributed by atoms with Crippen LogP contribution in [0.25, 0.3) is 0 Å². The Morgan fingerprint density at radius 1 is 1.14 bits per heavy atom. The molecule has 0 atom stereocenters. The minimum atomic E-state index is 0.295. The average molecular weight is 289 g/mol. The van der Waals surface area contributed by atoms with E-state index in [1.807, 2.05) is 32.0 Å². The van der Waals surface area contributed by atoms with Crippen LogP contribution >= 0.6 is 0 Å². The first-order valence-corrected chi connectivity index (χ1v) is 6.66. The Balaban J connectivity index is 2.24. The standard InChI is InChI=1S/C15H19N3O3/c1-4-20-9-14-17-13(16)8-15(18-14)21-11-6-5-10(2)7-12(11)19-3/h5-8H,4,9H2,1-3H3,(H2,16,17,18). The van der Waals surface area contributed by atoms with Crippen molar-refractivity contribution in [1.29, 1.82) is 0 Å². The van der Waals surface area contributed by atoms with Crippen LogP contribution < -0.4 is 15.2 Å². The summed E-state index contributed by atoms with van der Waals surface area (Å²) in [7, 11) is 1.59. The molecule has 0 aliphatic rings. The van der Waals surface area contributed by atoms with E-state index in [-0.39, 0.29) is 0 Å². The third-order valence-electron chi connectivity index (χ3n) is 2.74. The second-order valence-corrected chi connectivity index (χ2v) is 4.44. The van der Waals surface area contributed by atoms with Crippen LogP contribution in [0.3, 0.4) is 0 Å². The lowest BCUT2D eigenvalue weighted by molar-refractivity contribution is 0.128. The number of aromatic nitrogens is 2. The maximum atomic E-state index is 5.76. The van der Waals surface area contributed by atoms with E-state index < -0.39 is 0 Å². The first-order valence-electron chi connectivity index (χ1n) is 6.66. The largest absolute Gasteiger partial charge is 0.493 e. The Bertz CT molecular complexity index is 617. The monoisotopic (exact) mass is 289 g/mol. The topological polar surface area (TPSA) is 79.5 Å². The fraction of sp³-hybridized carbons (Fsp3) is 0.333. The van der Waals surface area contributed by atoms with Gasteiger partial charge in [0.1, 0.15) is 12.4 Å². The number of rotatable bonds is 6. The van der Waals surface area contributed by atoms with E-state index in [0.717, 1.165) is 5.56 Å². The second-order valence-electron chi connectivity index (χ2n) is 4.44. The van der Waals surface area contributed by atoms with Crippen molar-refractivity contribution in [2.75, 3.05) is 19.5 Å². The van der Waals surface area contributed by atoms with Gasteiger partial charge in [0, 0.05) is 12.7 Å². The Hall–Kier alpha value is -2.34. The number of hydrogen-bond donors (Lipinski definition) is 1. The smallest absolute Gasteiger partial charge is 0.224 e. The third-order valence-corrected chi connectivity index (χ3v) is 2.74. The molecular weight excluding hydrogens is 270 g/mol. The molecule has 0 bridgehead atoms. The van der Waals surface area contributed by atoms with Gasteiger partial charge in [-0.1, -0.05) is 6.07 Å². The number of methoxy groups -OCH3 is 1. The van der Waals surface area contributed by atoms with E-state index in [1.54, 1.807) is 13.2 Å².